The Morgan fingerprint density at radius 1 is 1.60 bits per heavy atom. The van der Waals surface area contributed by atoms with E-state index in [2.05, 4.69) is 13.2 Å². The van der Waals surface area contributed by atoms with Crippen molar-refractivity contribution in [2.24, 2.45) is 0 Å². The molecule has 0 atom stereocenters. The minimum atomic E-state index is -0.715. The Balaban J connectivity index is 4.79. The highest BCUT2D eigenvalue weighted by atomic mass is 19.1. The van der Waals surface area contributed by atoms with Gasteiger partial charge in [0.25, 0.3) is 0 Å². The van der Waals surface area contributed by atoms with E-state index in [9.17, 15) is 9.18 Å². The first-order valence-corrected chi connectivity index (χ1v) is 2.76. The molecular weight excluding hydrogens is 131 g/mol. The molecule has 0 unspecified atom stereocenters. The molecule has 0 bridgehead atoms. The van der Waals surface area contributed by atoms with Gasteiger partial charge in [0.05, 0.1) is 5.57 Å². The highest BCUT2D eigenvalue weighted by Crippen LogP contribution is 2.11. The van der Waals surface area contributed by atoms with Crippen LogP contribution in [0.2, 0.25) is 0 Å². The van der Waals surface area contributed by atoms with Crippen molar-refractivity contribution in [3.05, 3.63) is 36.2 Å². The van der Waals surface area contributed by atoms with E-state index in [4.69, 9.17) is 0 Å². The average Bonchev–Trinajstić information content (AvgIpc) is 1.88. The Kier molecular flexibility index (Phi) is 3.33. The molecule has 0 fully saturated rings. The Morgan fingerprint density at radius 2 is 2.10 bits per heavy atom. The molecular formula is C8H9FO. The highest BCUT2D eigenvalue weighted by Gasteiger charge is 2.01. The van der Waals surface area contributed by atoms with E-state index in [-0.39, 0.29) is 5.57 Å². The van der Waals surface area contributed by atoms with Crippen molar-refractivity contribution in [3.8, 4) is 0 Å². The standard InChI is InChI=1S/C8H9FO/c1-4-6(2)8(5-10)7(3)9/h4-5H,1,3H2,2H3/b8-6-. The minimum absolute atomic E-state index is 0.0185. The van der Waals surface area contributed by atoms with E-state index in [1.54, 1.807) is 6.92 Å². The first-order valence-electron chi connectivity index (χ1n) is 2.76. The van der Waals surface area contributed by atoms with E-state index < -0.39 is 5.83 Å². The smallest absolute Gasteiger partial charge is 0.153 e. The maximum Gasteiger partial charge on any atom is 0.153 e. The monoisotopic (exact) mass is 140 g/mol. The number of halogens is 1. The zero-order valence-electron chi connectivity index (χ0n) is 5.86. The molecule has 1 nitrogen and oxygen atoms in total. The molecule has 0 saturated carbocycles. The molecule has 54 valence electrons. The molecule has 0 aromatic rings. The molecule has 2 heteroatoms. The SMILES string of the molecule is C=C/C(C)=C(/C=O)C(=C)F. The lowest BCUT2D eigenvalue weighted by Gasteiger charge is -1.95. The van der Waals surface area contributed by atoms with Gasteiger partial charge in [-0.25, -0.2) is 4.39 Å². The van der Waals surface area contributed by atoms with Crippen LogP contribution in [0.25, 0.3) is 0 Å². The Hall–Kier alpha value is -1.18. The van der Waals surface area contributed by atoms with Crippen molar-refractivity contribution in [1.82, 2.24) is 0 Å². The van der Waals surface area contributed by atoms with Gasteiger partial charge in [0.15, 0.2) is 6.29 Å². The highest BCUT2D eigenvalue weighted by molar-refractivity contribution is 5.80. The van der Waals surface area contributed by atoms with Gasteiger partial charge >= 0.3 is 0 Å². The number of hydrogen-bond acceptors (Lipinski definition) is 1. The van der Waals surface area contributed by atoms with E-state index in [1.807, 2.05) is 0 Å². The maximum absolute atomic E-state index is 12.3. The molecule has 0 aromatic carbocycles. The molecule has 0 aliphatic carbocycles. The minimum Gasteiger partial charge on any atom is -0.298 e. The molecule has 10 heavy (non-hydrogen) atoms. The van der Waals surface area contributed by atoms with Crippen LogP contribution < -0.4 is 0 Å². The number of carbonyl (C=O) groups is 1. The number of carbonyl (C=O) groups excluding carboxylic acids is 1. The molecule has 0 spiro atoms. The molecule has 0 radical (unpaired) electrons. The topological polar surface area (TPSA) is 17.1 Å². The third-order valence-electron chi connectivity index (χ3n) is 1.14. The summed E-state index contributed by atoms with van der Waals surface area (Å²) >= 11 is 0. The number of aldehydes is 1. The molecule has 0 rings (SSSR count). The van der Waals surface area contributed by atoms with Crippen LogP contribution in [0.5, 0.6) is 0 Å². The summed E-state index contributed by atoms with van der Waals surface area (Å²) in [4.78, 5) is 10.1. The molecule has 0 heterocycles. The van der Waals surface area contributed by atoms with Gasteiger partial charge in [-0.05, 0) is 12.5 Å². The van der Waals surface area contributed by atoms with Crippen LogP contribution in [0.15, 0.2) is 36.2 Å². The fourth-order valence-electron chi connectivity index (χ4n) is 0.481. The van der Waals surface area contributed by atoms with Gasteiger partial charge in [-0.1, -0.05) is 19.2 Å². The van der Waals surface area contributed by atoms with Gasteiger partial charge < -0.3 is 0 Å². The first kappa shape index (κ1) is 8.82. The first-order chi connectivity index (χ1) is 4.63. The summed E-state index contributed by atoms with van der Waals surface area (Å²) in [5.74, 6) is -0.715. The van der Waals surface area contributed by atoms with Crippen LogP contribution in [0, 0.1) is 0 Å². The number of hydrogen-bond donors (Lipinski definition) is 0. The summed E-state index contributed by atoms with van der Waals surface area (Å²) in [6, 6.07) is 0. The number of allylic oxidation sites excluding steroid dienone is 4. The second-order valence-electron chi connectivity index (χ2n) is 1.82. The maximum atomic E-state index is 12.3. The van der Waals surface area contributed by atoms with Crippen molar-refractivity contribution in [2.45, 2.75) is 6.92 Å². The van der Waals surface area contributed by atoms with Crippen molar-refractivity contribution in [3.63, 3.8) is 0 Å². The third-order valence-corrected chi connectivity index (χ3v) is 1.14. The van der Waals surface area contributed by atoms with Crippen molar-refractivity contribution < 1.29 is 9.18 Å². The van der Waals surface area contributed by atoms with Crippen LogP contribution in [-0.2, 0) is 4.79 Å². The van der Waals surface area contributed by atoms with E-state index in [0.29, 0.717) is 11.9 Å². The fourth-order valence-corrected chi connectivity index (χ4v) is 0.481. The van der Waals surface area contributed by atoms with Gasteiger partial charge in [-0.2, -0.15) is 0 Å². The molecule has 0 aliphatic rings. The molecule has 0 aromatic heterocycles. The average molecular weight is 140 g/mol. The number of rotatable bonds is 3. The summed E-state index contributed by atoms with van der Waals surface area (Å²) in [6.07, 6.45) is 1.84. The predicted molar refractivity (Wildman–Crippen MR) is 39.2 cm³/mol. The molecule has 0 aliphatic heterocycles. The van der Waals surface area contributed by atoms with Gasteiger partial charge in [0.2, 0.25) is 0 Å². The molecule has 0 amide bonds. The normalized spacial score (nSPS) is 11.8. The zero-order valence-corrected chi connectivity index (χ0v) is 5.86. The summed E-state index contributed by atoms with van der Waals surface area (Å²) in [5.41, 5.74) is 0.484. The second kappa shape index (κ2) is 3.77. The fraction of sp³-hybridized carbons (Fsp3) is 0.125. The largest absolute Gasteiger partial charge is 0.298 e. The summed E-state index contributed by atoms with van der Waals surface area (Å²) in [7, 11) is 0. The van der Waals surface area contributed by atoms with Crippen LogP contribution in [0.3, 0.4) is 0 Å². The van der Waals surface area contributed by atoms with Crippen molar-refractivity contribution >= 4 is 6.29 Å². The lowest BCUT2D eigenvalue weighted by Crippen LogP contribution is -1.87. The van der Waals surface area contributed by atoms with Crippen LogP contribution >= 0.6 is 0 Å². The third kappa shape index (κ3) is 1.97. The van der Waals surface area contributed by atoms with Gasteiger partial charge in [0.1, 0.15) is 5.83 Å². The van der Waals surface area contributed by atoms with Gasteiger partial charge in [-0.15, -0.1) is 0 Å². The lowest BCUT2D eigenvalue weighted by atomic mass is 10.1. The Morgan fingerprint density at radius 3 is 2.20 bits per heavy atom. The van der Waals surface area contributed by atoms with Crippen LogP contribution in [0.4, 0.5) is 4.39 Å². The van der Waals surface area contributed by atoms with Crippen molar-refractivity contribution in [2.75, 3.05) is 0 Å². The summed E-state index contributed by atoms with van der Waals surface area (Å²) in [5, 5.41) is 0. The van der Waals surface area contributed by atoms with E-state index in [1.165, 1.54) is 6.08 Å². The summed E-state index contributed by atoms with van der Waals surface area (Å²) < 4.78 is 12.3. The van der Waals surface area contributed by atoms with E-state index >= 15 is 0 Å². The van der Waals surface area contributed by atoms with Crippen molar-refractivity contribution in [1.29, 1.82) is 0 Å². The van der Waals surface area contributed by atoms with Gasteiger partial charge in [-0.3, -0.25) is 4.79 Å². The Bertz CT molecular complexity index is 201. The van der Waals surface area contributed by atoms with Gasteiger partial charge in [0, 0.05) is 0 Å². The molecule has 0 saturated heterocycles. The van der Waals surface area contributed by atoms with Crippen LogP contribution in [0.1, 0.15) is 6.92 Å². The van der Waals surface area contributed by atoms with E-state index in [0.717, 1.165) is 0 Å². The quantitative estimate of drug-likeness (QED) is 0.333. The predicted octanol–water partition coefficient (Wildman–Crippen LogP) is 2.17. The molecule has 0 N–H and O–H groups in total. The Labute approximate surface area is 59.6 Å². The second-order valence-corrected chi connectivity index (χ2v) is 1.82. The summed E-state index contributed by atoms with van der Waals surface area (Å²) in [6.45, 7) is 7.98. The lowest BCUT2D eigenvalue weighted by molar-refractivity contribution is -0.104. The van der Waals surface area contributed by atoms with Crippen LogP contribution in [-0.4, -0.2) is 6.29 Å². The zero-order chi connectivity index (χ0) is 8.15.